The van der Waals surface area contributed by atoms with Gasteiger partial charge in [0.25, 0.3) is 0 Å². The Bertz CT molecular complexity index is 636. The predicted octanol–water partition coefficient (Wildman–Crippen LogP) is 1.89. The maximum atomic E-state index is 12.1. The molecule has 1 aromatic carbocycles. The van der Waals surface area contributed by atoms with Gasteiger partial charge in [-0.2, -0.15) is 0 Å². The molecule has 0 spiro atoms. The van der Waals surface area contributed by atoms with Crippen molar-refractivity contribution in [3.63, 3.8) is 0 Å². The smallest absolute Gasteiger partial charge is 0.234 e. The summed E-state index contributed by atoms with van der Waals surface area (Å²) in [5.41, 5.74) is 2.39. The zero-order valence-electron chi connectivity index (χ0n) is 13.4. The molecule has 1 aromatic heterocycles. The number of aryl methyl sites for hydroxylation is 1. The van der Waals surface area contributed by atoms with E-state index in [-0.39, 0.29) is 5.91 Å². The Labute approximate surface area is 140 Å². The van der Waals surface area contributed by atoms with Gasteiger partial charge in [0.2, 0.25) is 5.91 Å². The number of carbonyl (C=O) groups is 1. The summed E-state index contributed by atoms with van der Waals surface area (Å²) >= 11 is 1.67. The molecular formula is C17H22N4OS. The van der Waals surface area contributed by atoms with Crippen molar-refractivity contribution in [3.05, 3.63) is 47.0 Å². The number of benzene rings is 1. The molecule has 2 aromatic rings. The minimum absolute atomic E-state index is 0.0935. The van der Waals surface area contributed by atoms with E-state index in [4.69, 9.17) is 0 Å². The normalized spacial score (nSPS) is 15.6. The lowest BCUT2D eigenvalue weighted by Crippen LogP contribution is -2.49. The third-order valence-electron chi connectivity index (χ3n) is 4.17. The molecule has 2 heterocycles. The van der Waals surface area contributed by atoms with E-state index in [9.17, 15) is 4.79 Å². The van der Waals surface area contributed by atoms with Crippen LogP contribution in [0.15, 0.2) is 35.8 Å². The van der Waals surface area contributed by atoms with Crippen LogP contribution in [-0.2, 0) is 11.3 Å². The van der Waals surface area contributed by atoms with Gasteiger partial charge < -0.3 is 10.2 Å². The van der Waals surface area contributed by atoms with Gasteiger partial charge in [0.05, 0.1) is 6.54 Å². The van der Waals surface area contributed by atoms with Crippen molar-refractivity contribution in [2.75, 3.05) is 37.6 Å². The quantitative estimate of drug-likeness (QED) is 0.909. The lowest BCUT2D eigenvalue weighted by molar-refractivity contribution is -0.122. The number of nitrogens with zero attached hydrogens (tertiary/aromatic N) is 3. The van der Waals surface area contributed by atoms with Crippen molar-refractivity contribution in [2.24, 2.45) is 0 Å². The fourth-order valence-corrected chi connectivity index (χ4v) is 3.43. The monoisotopic (exact) mass is 330 g/mol. The van der Waals surface area contributed by atoms with E-state index in [1.165, 1.54) is 11.1 Å². The highest BCUT2D eigenvalue weighted by molar-refractivity contribution is 7.13. The van der Waals surface area contributed by atoms with Crippen LogP contribution in [0.3, 0.4) is 0 Å². The predicted molar refractivity (Wildman–Crippen MR) is 93.8 cm³/mol. The van der Waals surface area contributed by atoms with Crippen molar-refractivity contribution >= 4 is 22.4 Å². The summed E-state index contributed by atoms with van der Waals surface area (Å²) in [7, 11) is 0. The highest BCUT2D eigenvalue weighted by Gasteiger charge is 2.20. The lowest BCUT2D eigenvalue weighted by Gasteiger charge is -2.34. The van der Waals surface area contributed by atoms with Gasteiger partial charge in [-0.15, -0.1) is 11.3 Å². The van der Waals surface area contributed by atoms with Crippen molar-refractivity contribution in [3.8, 4) is 0 Å². The number of piperazine rings is 1. The molecule has 0 atom stereocenters. The van der Waals surface area contributed by atoms with Gasteiger partial charge in [-0.3, -0.25) is 9.69 Å². The Morgan fingerprint density at radius 1 is 1.26 bits per heavy atom. The van der Waals surface area contributed by atoms with Gasteiger partial charge in [-0.05, 0) is 18.1 Å². The largest absolute Gasteiger partial charge is 0.351 e. The fraction of sp³-hybridized carbons (Fsp3) is 0.412. The highest BCUT2D eigenvalue weighted by atomic mass is 32.1. The molecule has 6 heteroatoms. The topological polar surface area (TPSA) is 48.5 Å². The molecule has 5 nitrogen and oxygen atoms in total. The third kappa shape index (κ3) is 4.30. The molecule has 23 heavy (non-hydrogen) atoms. The first-order valence-electron chi connectivity index (χ1n) is 7.90. The molecule has 1 aliphatic rings. The van der Waals surface area contributed by atoms with Gasteiger partial charge in [0.15, 0.2) is 5.13 Å². The Kier molecular flexibility index (Phi) is 5.25. The summed E-state index contributed by atoms with van der Waals surface area (Å²) in [5.74, 6) is 0.0935. The van der Waals surface area contributed by atoms with Gasteiger partial charge >= 0.3 is 0 Å². The molecule has 1 fully saturated rings. The Hall–Kier alpha value is -1.92. The van der Waals surface area contributed by atoms with Crippen molar-refractivity contribution in [2.45, 2.75) is 13.5 Å². The van der Waals surface area contributed by atoms with Crippen LogP contribution in [-0.4, -0.2) is 48.5 Å². The van der Waals surface area contributed by atoms with Crippen molar-refractivity contribution in [1.29, 1.82) is 0 Å². The summed E-state index contributed by atoms with van der Waals surface area (Å²) in [6.45, 7) is 6.80. The Morgan fingerprint density at radius 2 is 2.04 bits per heavy atom. The summed E-state index contributed by atoms with van der Waals surface area (Å²) in [6, 6.07) is 8.15. The summed E-state index contributed by atoms with van der Waals surface area (Å²) < 4.78 is 0. The number of hydrogen-bond donors (Lipinski definition) is 1. The first-order chi connectivity index (χ1) is 11.2. The Morgan fingerprint density at radius 3 is 2.74 bits per heavy atom. The number of rotatable bonds is 5. The van der Waals surface area contributed by atoms with Crippen LogP contribution >= 0.6 is 11.3 Å². The molecular weight excluding hydrogens is 308 g/mol. The second kappa shape index (κ2) is 7.57. The average molecular weight is 330 g/mol. The number of hydrogen-bond acceptors (Lipinski definition) is 5. The molecule has 1 N–H and O–H groups in total. The van der Waals surface area contributed by atoms with Gasteiger partial charge in [-0.1, -0.05) is 24.3 Å². The second-order valence-electron chi connectivity index (χ2n) is 5.78. The number of anilines is 1. The lowest BCUT2D eigenvalue weighted by atomic mass is 10.1. The van der Waals surface area contributed by atoms with Crippen LogP contribution in [0.1, 0.15) is 11.1 Å². The molecule has 0 unspecified atom stereocenters. The molecule has 0 saturated carbocycles. The van der Waals surface area contributed by atoms with E-state index in [1.807, 2.05) is 23.7 Å². The Balaban J connectivity index is 1.42. The molecule has 3 rings (SSSR count). The number of nitrogens with one attached hydrogen (secondary N) is 1. The first kappa shape index (κ1) is 16.0. The zero-order valence-corrected chi connectivity index (χ0v) is 14.2. The van der Waals surface area contributed by atoms with E-state index in [0.717, 1.165) is 31.3 Å². The van der Waals surface area contributed by atoms with E-state index in [1.54, 1.807) is 11.3 Å². The summed E-state index contributed by atoms with van der Waals surface area (Å²) in [4.78, 5) is 21.0. The van der Waals surface area contributed by atoms with E-state index < -0.39 is 0 Å². The van der Waals surface area contributed by atoms with Crippen LogP contribution in [0.4, 0.5) is 5.13 Å². The maximum absolute atomic E-state index is 12.1. The minimum atomic E-state index is 0.0935. The van der Waals surface area contributed by atoms with Crippen LogP contribution < -0.4 is 10.2 Å². The van der Waals surface area contributed by atoms with Gasteiger partial charge in [-0.25, -0.2) is 4.98 Å². The van der Waals surface area contributed by atoms with Gasteiger partial charge in [0.1, 0.15) is 0 Å². The SMILES string of the molecule is Cc1ccccc1CNC(=O)CN1CCN(c2nccs2)CC1. The van der Waals surface area contributed by atoms with E-state index in [2.05, 4.69) is 39.2 Å². The van der Waals surface area contributed by atoms with Crippen molar-refractivity contribution in [1.82, 2.24) is 15.2 Å². The number of aromatic nitrogens is 1. The molecule has 0 bridgehead atoms. The maximum Gasteiger partial charge on any atom is 0.234 e. The third-order valence-corrected chi connectivity index (χ3v) is 5.00. The summed E-state index contributed by atoms with van der Waals surface area (Å²) in [6.07, 6.45) is 1.84. The van der Waals surface area contributed by atoms with Crippen molar-refractivity contribution < 1.29 is 4.79 Å². The molecule has 0 radical (unpaired) electrons. The highest BCUT2D eigenvalue weighted by Crippen LogP contribution is 2.18. The average Bonchev–Trinajstić information content (AvgIpc) is 3.09. The van der Waals surface area contributed by atoms with Gasteiger partial charge in [0, 0.05) is 44.3 Å². The standard InChI is InChI=1S/C17H22N4OS/c1-14-4-2-3-5-15(14)12-19-16(22)13-20-7-9-21(10-8-20)17-18-6-11-23-17/h2-6,11H,7-10,12-13H2,1H3,(H,19,22). The number of amides is 1. The fourth-order valence-electron chi connectivity index (χ4n) is 2.73. The molecule has 0 aliphatic carbocycles. The van der Waals surface area contributed by atoms with Crippen LogP contribution in [0.25, 0.3) is 0 Å². The zero-order chi connectivity index (χ0) is 16.1. The minimum Gasteiger partial charge on any atom is -0.351 e. The molecule has 1 aliphatic heterocycles. The number of carbonyl (C=O) groups excluding carboxylic acids is 1. The summed E-state index contributed by atoms with van der Waals surface area (Å²) in [5, 5.41) is 6.10. The van der Waals surface area contributed by atoms with Crippen LogP contribution in [0.2, 0.25) is 0 Å². The number of thiazole rings is 1. The molecule has 122 valence electrons. The van der Waals surface area contributed by atoms with E-state index in [0.29, 0.717) is 13.1 Å². The van der Waals surface area contributed by atoms with Crippen LogP contribution in [0.5, 0.6) is 0 Å². The van der Waals surface area contributed by atoms with E-state index >= 15 is 0 Å². The molecule has 1 amide bonds. The van der Waals surface area contributed by atoms with Crippen LogP contribution in [0, 0.1) is 6.92 Å². The molecule has 1 saturated heterocycles. The second-order valence-corrected chi connectivity index (χ2v) is 6.65. The first-order valence-corrected chi connectivity index (χ1v) is 8.78.